The quantitative estimate of drug-likeness (QED) is 0.607. The average Bonchev–Trinajstić information content (AvgIpc) is 2.86. The number of likely N-dealkylation sites (N-methyl/N-ethyl adjacent to an activating group) is 1. The van der Waals surface area contributed by atoms with Crippen molar-refractivity contribution in [3.8, 4) is 5.75 Å². The fourth-order valence-electron chi connectivity index (χ4n) is 4.55. The molecule has 3 amide bonds. The molecule has 2 aliphatic rings. The van der Waals surface area contributed by atoms with Crippen molar-refractivity contribution in [1.82, 2.24) is 10.2 Å². The zero-order chi connectivity index (χ0) is 25.7. The summed E-state index contributed by atoms with van der Waals surface area (Å²) in [5.74, 6) is -0.768. The van der Waals surface area contributed by atoms with Crippen LogP contribution in [-0.2, 0) is 25.6 Å². The Labute approximate surface area is 208 Å². The van der Waals surface area contributed by atoms with Gasteiger partial charge in [0.25, 0.3) is 5.91 Å². The number of carbonyl (C=O) groups is 3. The van der Waals surface area contributed by atoms with Crippen LogP contribution in [0.3, 0.4) is 0 Å². The zero-order valence-electron chi connectivity index (χ0n) is 20.3. The largest absolute Gasteiger partial charge is 0.490 e. The maximum Gasteiger partial charge on any atom is 0.257 e. The van der Waals surface area contributed by atoms with Crippen LogP contribution in [0.15, 0.2) is 42.5 Å². The van der Waals surface area contributed by atoms with Crippen molar-refractivity contribution >= 4 is 23.4 Å². The molecule has 1 fully saturated rings. The molecule has 9 nitrogen and oxygen atoms in total. The van der Waals surface area contributed by atoms with Crippen LogP contribution in [0.1, 0.15) is 35.2 Å². The van der Waals surface area contributed by atoms with Crippen LogP contribution in [-0.4, -0.2) is 68.2 Å². The van der Waals surface area contributed by atoms with E-state index in [0.717, 1.165) is 0 Å². The Hall–Kier alpha value is -3.50. The van der Waals surface area contributed by atoms with Gasteiger partial charge in [0.2, 0.25) is 11.8 Å². The highest BCUT2D eigenvalue weighted by atomic mass is 19.1. The monoisotopic (exact) mass is 499 g/mol. The van der Waals surface area contributed by atoms with Crippen LogP contribution < -0.4 is 15.4 Å². The predicted octanol–water partition coefficient (Wildman–Crippen LogP) is 2.50. The highest BCUT2D eigenvalue weighted by molar-refractivity contribution is 6.00. The van der Waals surface area contributed by atoms with Crippen LogP contribution in [0.2, 0.25) is 0 Å². The number of halogens is 1. The first-order chi connectivity index (χ1) is 17.4. The van der Waals surface area contributed by atoms with Crippen LogP contribution in [0.5, 0.6) is 5.75 Å². The Bertz CT molecular complexity index is 1130. The molecule has 0 bridgehead atoms. The van der Waals surface area contributed by atoms with Crippen molar-refractivity contribution in [2.75, 3.05) is 32.7 Å². The summed E-state index contributed by atoms with van der Waals surface area (Å²) in [6, 6.07) is 11.0. The number of amides is 3. The minimum atomic E-state index is -0.411. The fourth-order valence-corrected chi connectivity index (χ4v) is 4.55. The lowest BCUT2D eigenvalue weighted by atomic mass is 9.94. The maximum absolute atomic E-state index is 13.8. The molecule has 1 saturated heterocycles. The molecular weight excluding hydrogens is 469 g/mol. The predicted molar refractivity (Wildman–Crippen MR) is 129 cm³/mol. The second-order valence-corrected chi connectivity index (χ2v) is 8.93. The van der Waals surface area contributed by atoms with Crippen LogP contribution in [0, 0.1) is 5.82 Å². The first kappa shape index (κ1) is 25.6. The van der Waals surface area contributed by atoms with Gasteiger partial charge in [-0.15, -0.1) is 0 Å². The summed E-state index contributed by atoms with van der Waals surface area (Å²) in [5, 5.41) is 5.44. The normalized spacial score (nSPS) is 21.4. The molecule has 2 heterocycles. The second-order valence-electron chi connectivity index (χ2n) is 8.93. The number of fused-ring (bicyclic) bond motifs is 2. The smallest absolute Gasteiger partial charge is 0.257 e. The molecular formula is C26H30FN3O6. The van der Waals surface area contributed by atoms with E-state index in [4.69, 9.17) is 14.2 Å². The summed E-state index contributed by atoms with van der Waals surface area (Å²) in [4.78, 5) is 39.2. The van der Waals surface area contributed by atoms with Crippen molar-refractivity contribution in [3.63, 3.8) is 0 Å². The number of carbonyl (C=O) groups excluding carboxylic acids is 3. The van der Waals surface area contributed by atoms with E-state index < -0.39 is 6.10 Å². The molecule has 0 saturated carbocycles. The Balaban J connectivity index is 1.38. The van der Waals surface area contributed by atoms with Crippen molar-refractivity contribution in [2.24, 2.45) is 0 Å². The third-order valence-corrected chi connectivity index (χ3v) is 6.42. The molecule has 3 atom stereocenters. The first-order valence-electron chi connectivity index (χ1n) is 11.8. The van der Waals surface area contributed by atoms with E-state index in [1.54, 1.807) is 48.3 Å². The van der Waals surface area contributed by atoms with Crippen molar-refractivity contribution in [1.29, 1.82) is 0 Å². The first-order valence-corrected chi connectivity index (χ1v) is 11.8. The minimum absolute atomic E-state index is 0.0924. The van der Waals surface area contributed by atoms with Gasteiger partial charge in [-0.3, -0.25) is 14.4 Å². The molecule has 4 rings (SSSR count). The summed E-state index contributed by atoms with van der Waals surface area (Å²) in [5.41, 5.74) is 1.24. The lowest BCUT2D eigenvalue weighted by molar-refractivity contribution is -0.134. The topological polar surface area (TPSA) is 106 Å². The van der Waals surface area contributed by atoms with E-state index in [1.165, 1.54) is 13.2 Å². The van der Waals surface area contributed by atoms with Crippen LogP contribution in [0.25, 0.3) is 0 Å². The molecule has 36 heavy (non-hydrogen) atoms. The number of ether oxygens (including phenoxy) is 3. The van der Waals surface area contributed by atoms with Gasteiger partial charge in [0.05, 0.1) is 24.1 Å². The molecule has 0 aliphatic carbocycles. The van der Waals surface area contributed by atoms with Crippen molar-refractivity contribution in [2.45, 2.75) is 44.1 Å². The van der Waals surface area contributed by atoms with Crippen molar-refractivity contribution < 1.29 is 33.0 Å². The van der Waals surface area contributed by atoms with Gasteiger partial charge in [-0.05, 0) is 37.1 Å². The number of nitrogens with one attached hydrogen (secondary N) is 2. The number of benzene rings is 2. The Morgan fingerprint density at radius 2 is 1.97 bits per heavy atom. The van der Waals surface area contributed by atoms with Gasteiger partial charge in [-0.1, -0.05) is 18.2 Å². The molecule has 192 valence electrons. The number of anilines is 1. The molecule has 2 aromatic carbocycles. The number of hydrogen-bond donors (Lipinski definition) is 2. The number of methoxy groups -OCH3 is 1. The highest BCUT2D eigenvalue weighted by Gasteiger charge is 2.39. The molecule has 0 radical (unpaired) electrons. The SMILES string of the molecule is COCC(=O)Nc1ccc2c(c1)C(=O)N(C)[C@@H]1CC[C@H](CC(=O)NCc3ccccc3F)O[C@H]1CO2. The van der Waals surface area contributed by atoms with Crippen LogP contribution >= 0.6 is 0 Å². The summed E-state index contributed by atoms with van der Waals surface area (Å²) < 4.78 is 30.7. The Morgan fingerprint density at radius 1 is 1.17 bits per heavy atom. The standard InChI is InChI=1S/C26H30FN3O6/c1-30-21-9-8-18(12-24(31)28-13-16-5-3-4-6-20(16)27)36-23(21)14-35-22-10-7-17(11-19(22)26(30)33)29-25(32)15-34-2/h3-7,10-11,18,21,23H,8-9,12-15H2,1-2H3,(H,28,31)(H,29,32)/t18-,21-,23+/m1/s1. The van der Waals surface area contributed by atoms with Crippen LogP contribution in [0.4, 0.5) is 10.1 Å². The van der Waals surface area contributed by atoms with Gasteiger partial charge >= 0.3 is 0 Å². The maximum atomic E-state index is 13.8. The van der Waals surface area contributed by atoms with Gasteiger partial charge in [-0.2, -0.15) is 0 Å². The molecule has 0 unspecified atom stereocenters. The third-order valence-electron chi connectivity index (χ3n) is 6.42. The number of hydrogen-bond acceptors (Lipinski definition) is 6. The Kier molecular flexibility index (Phi) is 8.17. The van der Waals surface area contributed by atoms with E-state index in [0.29, 0.717) is 35.4 Å². The average molecular weight is 500 g/mol. The molecule has 2 aromatic rings. The van der Waals surface area contributed by atoms with Gasteiger partial charge in [0.15, 0.2) is 0 Å². The lowest BCUT2D eigenvalue weighted by Gasteiger charge is -2.42. The molecule has 0 spiro atoms. The minimum Gasteiger partial charge on any atom is -0.490 e. The third kappa shape index (κ3) is 6.00. The number of rotatable bonds is 7. The fraction of sp³-hybridized carbons (Fsp3) is 0.423. The molecule has 0 aromatic heterocycles. The van der Waals surface area contributed by atoms with E-state index >= 15 is 0 Å². The summed E-state index contributed by atoms with van der Waals surface area (Å²) in [7, 11) is 3.15. The summed E-state index contributed by atoms with van der Waals surface area (Å²) >= 11 is 0. The Morgan fingerprint density at radius 3 is 2.75 bits per heavy atom. The molecule has 2 aliphatic heterocycles. The summed E-state index contributed by atoms with van der Waals surface area (Å²) in [6.45, 7) is 0.220. The van der Waals surface area contributed by atoms with Crippen molar-refractivity contribution in [3.05, 3.63) is 59.4 Å². The highest BCUT2D eigenvalue weighted by Crippen LogP contribution is 2.32. The number of nitrogens with zero attached hydrogens (tertiary/aromatic N) is 1. The van der Waals surface area contributed by atoms with E-state index in [9.17, 15) is 18.8 Å². The van der Waals surface area contributed by atoms with E-state index in [-0.39, 0.29) is 61.9 Å². The van der Waals surface area contributed by atoms with Gasteiger partial charge in [-0.25, -0.2) is 4.39 Å². The lowest BCUT2D eigenvalue weighted by Crippen LogP contribution is -2.53. The van der Waals surface area contributed by atoms with E-state index in [2.05, 4.69) is 10.6 Å². The second kappa shape index (κ2) is 11.5. The molecule has 10 heteroatoms. The van der Waals surface area contributed by atoms with Gasteiger partial charge in [0, 0.05) is 32.0 Å². The zero-order valence-corrected chi connectivity index (χ0v) is 20.3. The van der Waals surface area contributed by atoms with Gasteiger partial charge in [0.1, 0.15) is 30.9 Å². The van der Waals surface area contributed by atoms with E-state index in [1.807, 2.05) is 0 Å². The van der Waals surface area contributed by atoms with Gasteiger partial charge < -0.3 is 29.7 Å². The summed E-state index contributed by atoms with van der Waals surface area (Å²) in [6.07, 6.45) is 0.617. The molecule has 2 N–H and O–H groups in total.